The predicted octanol–water partition coefficient (Wildman–Crippen LogP) is 1.80. The lowest BCUT2D eigenvalue weighted by molar-refractivity contribution is -0.885. The molecular formula is C19H24FN2O3+. The molecule has 0 saturated carbocycles. The number of methoxy groups -OCH3 is 2. The first kappa shape index (κ1) is 18.7. The first-order chi connectivity index (χ1) is 11.9. The Morgan fingerprint density at radius 2 is 1.92 bits per heavy atom. The van der Waals surface area contributed by atoms with Gasteiger partial charge in [0.15, 0.2) is 6.54 Å². The molecule has 0 aliphatic rings. The summed E-state index contributed by atoms with van der Waals surface area (Å²) in [7, 11) is 5.09. The van der Waals surface area contributed by atoms with Crippen molar-refractivity contribution >= 4 is 11.6 Å². The first-order valence-corrected chi connectivity index (χ1v) is 8.01. The minimum absolute atomic E-state index is 0.199. The number of quaternary nitrogens is 1. The van der Waals surface area contributed by atoms with Crippen LogP contribution in [-0.2, 0) is 11.3 Å². The summed E-state index contributed by atoms with van der Waals surface area (Å²) in [6.07, 6.45) is 0. The summed E-state index contributed by atoms with van der Waals surface area (Å²) in [6.45, 7) is 2.61. The molecule has 0 bridgehead atoms. The van der Waals surface area contributed by atoms with E-state index in [-0.39, 0.29) is 18.1 Å². The molecule has 2 N–H and O–H groups in total. The fourth-order valence-electron chi connectivity index (χ4n) is 2.58. The Balaban J connectivity index is 1.97. The number of carbonyl (C=O) groups is 1. The van der Waals surface area contributed by atoms with Crippen LogP contribution in [0.15, 0.2) is 36.4 Å². The maximum absolute atomic E-state index is 13.8. The molecule has 0 aromatic heterocycles. The highest BCUT2D eigenvalue weighted by molar-refractivity contribution is 5.91. The number of amides is 1. The number of halogens is 1. The molecule has 0 saturated heterocycles. The van der Waals surface area contributed by atoms with Crippen molar-refractivity contribution in [2.24, 2.45) is 0 Å². The Morgan fingerprint density at radius 3 is 2.56 bits per heavy atom. The van der Waals surface area contributed by atoms with Gasteiger partial charge < -0.3 is 19.7 Å². The van der Waals surface area contributed by atoms with E-state index >= 15 is 0 Å². The molecule has 2 rings (SSSR count). The van der Waals surface area contributed by atoms with E-state index < -0.39 is 5.82 Å². The lowest BCUT2D eigenvalue weighted by atomic mass is 10.1. The van der Waals surface area contributed by atoms with Crippen molar-refractivity contribution in [3.8, 4) is 11.5 Å². The third kappa shape index (κ3) is 5.19. The van der Waals surface area contributed by atoms with Crippen molar-refractivity contribution < 1.29 is 23.6 Å². The molecule has 0 radical (unpaired) electrons. The van der Waals surface area contributed by atoms with E-state index in [0.29, 0.717) is 18.0 Å². The van der Waals surface area contributed by atoms with Crippen LogP contribution in [0.25, 0.3) is 0 Å². The molecule has 0 heterocycles. The molecule has 134 valence electrons. The quantitative estimate of drug-likeness (QED) is 0.803. The van der Waals surface area contributed by atoms with Crippen LogP contribution in [-0.4, -0.2) is 33.7 Å². The van der Waals surface area contributed by atoms with Crippen molar-refractivity contribution in [2.45, 2.75) is 13.5 Å². The van der Waals surface area contributed by atoms with Crippen molar-refractivity contribution in [1.82, 2.24) is 0 Å². The third-order valence-electron chi connectivity index (χ3n) is 3.85. The average molecular weight is 347 g/mol. The van der Waals surface area contributed by atoms with Crippen LogP contribution >= 0.6 is 0 Å². The molecule has 6 heteroatoms. The highest BCUT2D eigenvalue weighted by Crippen LogP contribution is 2.23. The zero-order chi connectivity index (χ0) is 18.4. The summed E-state index contributed by atoms with van der Waals surface area (Å²) in [4.78, 5) is 13.1. The monoisotopic (exact) mass is 347 g/mol. The number of likely N-dealkylation sites (N-methyl/N-ethyl adjacent to an activating group) is 1. The van der Waals surface area contributed by atoms with Crippen molar-refractivity contribution in [3.05, 3.63) is 53.3 Å². The van der Waals surface area contributed by atoms with Gasteiger partial charge in [0.2, 0.25) is 0 Å². The van der Waals surface area contributed by atoms with Crippen molar-refractivity contribution in [1.29, 1.82) is 0 Å². The normalized spacial score (nSPS) is 11.7. The maximum Gasteiger partial charge on any atom is 0.279 e. The largest absolute Gasteiger partial charge is 0.497 e. The van der Waals surface area contributed by atoms with Gasteiger partial charge in [-0.05, 0) is 36.8 Å². The van der Waals surface area contributed by atoms with Gasteiger partial charge in [0.05, 0.1) is 27.0 Å². The number of aryl methyl sites for hydroxylation is 1. The van der Waals surface area contributed by atoms with E-state index in [2.05, 4.69) is 5.32 Å². The number of carbonyl (C=O) groups excluding carboxylic acids is 1. The Bertz CT molecular complexity index is 749. The molecule has 0 spiro atoms. The Labute approximate surface area is 147 Å². The van der Waals surface area contributed by atoms with E-state index in [4.69, 9.17) is 9.47 Å². The van der Waals surface area contributed by atoms with Crippen molar-refractivity contribution in [3.63, 3.8) is 0 Å². The molecule has 0 fully saturated rings. The molecule has 0 aliphatic carbocycles. The number of hydrogen-bond donors (Lipinski definition) is 2. The molecule has 0 aliphatic heterocycles. The number of anilines is 1. The van der Waals surface area contributed by atoms with Crippen LogP contribution in [0.3, 0.4) is 0 Å². The van der Waals surface area contributed by atoms with Crippen LogP contribution in [0, 0.1) is 12.7 Å². The Kier molecular flexibility index (Phi) is 6.36. The van der Waals surface area contributed by atoms with E-state index in [1.807, 2.05) is 25.2 Å². The minimum atomic E-state index is -0.428. The number of hydrogen-bond acceptors (Lipinski definition) is 3. The van der Waals surface area contributed by atoms with Crippen LogP contribution in [0.1, 0.15) is 11.1 Å². The number of benzene rings is 2. The highest BCUT2D eigenvalue weighted by atomic mass is 19.1. The molecule has 5 nitrogen and oxygen atoms in total. The molecule has 25 heavy (non-hydrogen) atoms. The molecule has 1 amide bonds. The predicted molar refractivity (Wildman–Crippen MR) is 94.8 cm³/mol. The lowest BCUT2D eigenvalue weighted by Gasteiger charge is -2.16. The van der Waals surface area contributed by atoms with Gasteiger partial charge in [-0.1, -0.05) is 6.07 Å². The summed E-state index contributed by atoms with van der Waals surface area (Å²) in [6, 6.07) is 10.3. The summed E-state index contributed by atoms with van der Waals surface area (Å²) in [5, 5.41) is 2.61. The molecule has 1 unspecified atom stereocenters. The van der Waals surface area contributed by atoms with Gasteiger partial charge in [0.25, 0.3) is 5.91 Å². The third-order valence-corrected chi connectivity index (χ3v) is 3.85. The van der Waals surface area contributed by atoms with E-state index in [1.165, 1.54) is 6.07 Å². The summed E-state index contributed by atoms with van der Waals surface area (Å²) < 4.78 is 24.4. The standard InChI is InChI=1S/C19H23FN2O3/c1-13-5-8-17(16(20)9-13)21-19(23)12-22(2)11-14-6-7-15(24-3)10-18(14)25-4/h5-10H,11-12H2,1-4H3,(H,21,23)/p+1. The molecule has 2 aromatic rings. The Morgan fingerprint density at radius 1 is 1.16 bits per heavy atom. The molecule has 1 atom stereocenters. The fraction of sp³-hybridized carbons (Fsp3) is 0.316. The fourth-order valence-corrected chi connectivity index (χ4v) is 2.58. The van der Waals surface area contributed by atoms with Gasteiger partial charge in [-0.3, -0.25) is 4.79 Å². The maximum atomic E-state index is 13.8. The topological polar surface area (TPSA) is 52.0 Å². The van der Waals surface area contributed by atoms with Crippen LogP contribution < -0.4 is 19.7 Å². The van der Waals surface area contributed by atoms with Crippen LogP contribution in [0.4, 0.5) is 10.1 Å². The summed E-state index contributed by atoms with van der Waals surface area (Å²) >= 11 is 0. The number of ether oxygens (including phenoxy) is 2. The zero-order valence-corrected chi connectivity index (χ0v) is 15.0. The van der Waals surface area contributed by atoms with Gasteiger partial charge in [-0.2, -0.15) is 0 Å². The van der Waals surface area contributed by atoms with Crippen LogP contribution in [0.2, 0.25) is 0 Å². The second-order valence-corrected chi connectivity index (χ2v) is 6.02. The highest BCUT2D eigenvalue weighted by Gasteiger charge is 2.15. The zero-order valence-electron chi connectivity index (χ0n) is 15.0. The van der Waals surface area contributed by atoms with Gasteiger partial charge in [-0.15, -0.1) is 0 Å². The van der Waals surface area contributed by atoms with E-state index in [1.54, 1.807) is 33.3 Å². The molecule has 2 aromatic carbocycles. The lowest BCUT2D eigenvalue weighted by Crippen LogP contribution is -3.08. The van der Waals surface area contributed by atoms with E-state index in [0.717, 1.165) is 16.0 Å². The second-order valence-electron chi connectivity index (χ2n) is 6.02. The first-order valence-electron chi connectivity index (χ1n) is 8.01. The van der Waals surface area contributed by atoms with Gasteiger partial charge in [0.1, 0.15) is 23.9 Å². The number of rotatable bonds is 7. The average Bonchev–Trinajstić information content (AvgIpc) is 2.57. The van der Waals surface area contributed by atoms with E-state index in [9.17, 15) is 9.18 Å². The van der Waals surface area contributed by atoms with Crippen molar-refractivity contribution in [2.75, 3.05) is 33.1 Å². The number of nitrogens with one attached hydrogen (secondary N) is 2. The van der Waals surface area contributed by atoms with Gasteiger partial charge in [0, 0.05) is 11.6 Å². The summed E-state index contributed by atoms with van der Waals surface area (Å²) in [5.41, 5.74) is 1.98. The Hall–Kier alpha value is -2.60. The summed E-state index contributed by atoms with van der Waals surface area (Å²) in [5.74, 6) is 0.755. The van der Waals surface area contributed by atoms with Crippen LogP contribution in [0.5, 0.6) is 11.5 Å². The smallest absolute Gasteiger partial charge is 0.279 e. The van der Waals surface area contributed by atoms with Gasteiger partial charge in [-0.25, -0.2) is 4.39 Å². The second kappa shape index (κ2) is 8.48. The SMILES string of the molecule is COc1ccc(C[NH+](C)CC(=O)Nc2ccc(C)cc2F)c(OC)c1. The minimum Gasteiger partial charge on any atom is -0.497 e. The van der Waals surface area contributed by atoms with Gasteiger partial charge >= 0.3 is 0 Å². The molecular weight excluding hydrogens is 323 g/mol.